The second-order valence-electron chi connectivity index (χ2n) is 5.52. The van der Waals surface area contributed by atoms with Gasteiger partial charge in [0.25, 0.3) is 0 Å². The fourth-order valence-corrected chi connectivity index (χ4v) is 2.57. The van der Waals surface area contributed by atoms with Crippen molar-refractivity contribution in [1.29, 1.82) is 0 Å². The molecule has 0 amide bonds. The summed E-state index contributed by atoms with van der Waals surface area (Å²) in [6.07, 6.45) is -7.73. The number of aliphatic imine (C=N–C) groups is 1. The van der Waals surface area contributed by atoms with E-state index < -0.39 is 35.9 Å². The van der Waals surface area contributed by atoms with Gasteiger partial charge in [0.2, 0.25) is 6.08 Å². The van der Waals surface area contributed by atoms with E-state index >= 15 is 0 Å². The largest absolute Gasteiger partial charge is 0.460 e. The van der Waals surface area contributed by atoms with E-state index in [1.807, 2.05) is 0 Å². The molecule has 2 nitrogen and oxygen atoms in total. The van der Waals surface area contributed by atoms with Gasteiger partial charge in [-0.25, -0.2) is 4.79 Å². The molecule has 0 aromatic heterocycles. The molecular weight excluding hydrogens is 345 g/mol. The third-order valence-electron chi connectivity index (χ3n) is 3.83. The third-order valence-corrected chi connectivity index (χ3v) is 3.83. The van der Waals surface area contributed by atoms with Crippen molar-refractivity contribution in [3.63, 3.8) is 0 Å². The zero-order valence-corrected chi connectivity index (χ0v) is 11.5. The van der Waals surface area contributed by atoms with Crippen LogP contribution in [0.1, 0.15) is 38.5 Å². The first-order chi connectivity index (χ1) is 10.2. The van der Waals surface area contributed by atoms with Gasteiger partial charge in [0.05, 0.1) is 5.54 Å². The van der Waals surface area contributed by atoms with Gasteiger partial charge in [0, 0.05) is 6.42 Å². The van der Waals surface area contributed by atoms with Gasteiger partial charge in [-0.2, -0.15) is 44.5 Å². The van der Waals surface area contributed by atoms with E-state index in [4.69, 9.17) is 0 Å². The van der Waals surface area contributed by atoms with Crippen molar-refractivity contribution in [2.45, 2.75) is 68.0 Å². The molecule has 0 bridgehead atoms. The van der Waals surface area contributed by atoms with Crippen molar-refractivity contribution in [3.05, 3.63) is 0 Å². The van der Waals surface area contributed by atoms with Crippen LogP contribution in [0.2, 0.25) is 0 Å². The Hall–Kier alpha value is -1.25. The van der Waals surface area contributed by atoms with Crippen molar-refractivity contribution in [2.24, 2.45) is 4.99 Å². The van der Waals surface area contributed by atoms with Gasteiger partial charge in [0.15, 0.2) is 0 Å². The smallest absolute Gasteiger partial charge is 0.211 e. The maximum absolute atomic E-state index is 13.7. The van der Waals surface area contributed by atoms with Gasteiger partial charge in [-0.15, -0.1) is 0 Å². The second-order valence-corrected chi connectivity index (χ2v) is 5.52. The van der Waals surface area contributed by atoms with E-state index in [-0.39, 0.29) is 25.7 Å². The molecule has 23 heavy (non-hydrogen) atoms. The molecule has 0 aliphatic heterocycles. The summed E-state index contributed by atoms with van der Waals surface area (Å²) in [5.41, 5.74) is -2.12. The molecule has 1 rings (SSSR count). The van der Waals surface area contributed by atoms with Gasteiger partial charge in [-0.3, -0.25) is 0 Å². The van der Waals surface area contributed by atoms with Crippen molar-refractivity contribution in [3.8, 4) is 0 Å². The Bertz CT molecular complexity index is 473. The predicted molar refractivity (Wildman–Crippen MR) is 59.5 cm³/mol. The van der Waals surface area contributed by atoms with Crippen LogP contribution in [0.5, 0.6) is 0 Å². The monoisotopic (exact) mass is 357 g/mol. The van der Waals surface area contributed by atoms with Gasteiger partial charge in [-0.05, 0) is 12.8 Å². The van der Waals surface area contributed by atoms with Crippen molar-refractivity contribution < 1.29 is 44.3 Å². The summed E-state index contributed by atoms with van der Waals surface area (Å²) in [6.45, 7) is 0. The Labute approximate surface area is 124 Å². The number of halogens is 9. The zero-order chi connectivity index (χ0) is 18.2. The number of hydrogen-bond donors (Lipinski definition) is 0. The lowest BCUT2D eigenvalue weighted by molar-refractivity contribution is -0.398. The normalized spacial score (nSPS) is 20.0. The summed E-state index contributed by atoms with van der Waals surface area (Å²) >= 11 is 0. The highest BCUT2D eigenvalue weighted by Crippen LogP contribution is 2.56. The molecule has 0 aromatic carbocycles. The summed E-state index contributed by atoms with van der Waals surface area (Å²) in [5.74, 6) is -19.3. The highest BCUT2D eigenvalue weighted by molar-refractivity contribution is 5.35. The Balaban J connectivity index is 3.20. The van der Waals surface area contributed by atoms with Crippen LogP contribution in [0.4, 0.5) is 39.5 Å². The maximum atomic E-state index is 13.7. The molecule has 0 atom stereocenters. The minimum atomic E-state index is -6.93. The molecule has 134 valence electrons. The summed E-state index contributed by atoms with van der Waals surface area (Å²) in [5, 5.41) is 0. The molecule has 0 heterocycles. The first-order valence-electron chi connectivity index (χ1n) is 6.52. The minimum Gasteiger partial charge on any atom is -0.211 e. The lowest BCUT2D eigenvalue weighted by atomic mass is 9.76. The Kier molecular flexibility index (Phi) is 5.16. The SMILES string of the molecule is O=C=NC1(CC(F)(F)C(F)(F)C(F)(F)C(F)(F)F)CCCCC1. The average Bonchev–Trinajstić information content (AvgIpc) is 2.37. The van der Waals surface area contributed by atoms with Crippen molar-refractivity contribution in [1.82, 2.24) is 0 Å². The molecule has 0 unspecified atom stereocenters. The second kappa shape index (κ2) is 5.99. The lowest BCUT2D eigenvalue weighted by Gasteiger charge is -2.39. The number of rotatable bonds is 5. The molecule has 1 fully saturated rings. The van der Waals surface area contributed by atoms with Crippen LogP contribution in [-0.4, -0.2) is 35.6 Å². The molecule has 0 N–H and O–H groups in total. The maximum Gasteiger partial charge on any atom is 0.460 e. The number of carbonyl (C=O) groups excluding carboxylic acids is 1. The van der Waals surface area contributed by atoms with Crippen LogP contribution in [-0.2, 0) is 4.79 Å². The number of hydrogen-bond acceptors (Lipinski definition) is 2. The topological polar surface area (TPSA) is 29.4 Å². The molecule has 0 saturated heterocycles. The first kappa shape index (κ1) is 19.8. The highest BCUT2D eigenvalue weighted by atomic mass is 19.4. The Morgan fingerprint density at radius 3 is 1.70 bits per heavy atom. The van der Waals surface area contributed by atoms with Crippen LogP contribution in [0.3, 0.4) is 0 Å². The molecular formula is C12H12F9NO. The zero-order valence-electron chi connectivity index (χ0n) is 11.5. The average molecular weight is 357 g/mol. The molecule has 1 saturated carbocycles. The standard InChI is InChI=1S/C12H12F9NO/c13-9(14,10(15,16)11(17,18)12(19,20)21)6-8(22-7-23)4-2-1-3-5-8/h1-6H2. The number of isocyanates is 1. The summed E-state index contributed by atoms with van der Waals surface area (Å²) in [4.78, 5) is 13.3. The van der Waals surface area contributed by atoms with Gasteiger partial charge in [-0.1, -0.05) is 19.3 Å². The third kappa shape index (κ3) is 3.49. The van der Waals surface area contributed by atoms with E-state index in [1.165, 1.54) is 0 Å². The summed E-state index contributed by atoms with van der Waals surface area (Å²) in [7, 11) is 0. The van der Waals surface area contributed by atoms with Crippen LogP contribution in [0.15, 0.2) is 4.99 Å². The fourth-order valence-electron chi connectivity index (χ4n) is 2.57. The molecule has 11 heteroatoms. The van der Waals surface area contributed by atoms with E-state index in [9.17, 15) is 44.3 Å². The first-order valence-corrected chi connectivity index (χ1v) is 6.52. The number of alkyl halides is 9. The predicted octanol–water partition coefficient (Wildman–Crippen LogP) is 4.88. The Morgan fingerprint density at radius 1 is 0.826 bits per heavy atom. The molecule has 0 spiro atoms. The van der Waals surface area contributed by atoms with Crippen molar-refractivity contribution in [2.75, 3.05) is 0 Å². The number of nitrogens with zero attached hydrogens (tertiary/aromatic N) is 1. The molecule has 1 aliphatic carbocycles. The van der Waals surface area contributed by atoms with Crippen molar-refractivity contribution >= 4 is 6.08 Å². The van der Waals surface area contributed by atoms with Gasteiger partial charge < -0.3 is 0 Å². The van der Waals surface area contributed by atoms with E-state index in [0.717, 1.165) is 6.08 Å². The van der Waals surface area contributed by atoms with Gasteiger partial charge >= 0.3 is 23.9 Å². The molecule has 1 aliphatic rings. The molecule has 0 radical (unpaired) electrons. The fraction of sp³-hybridized carbons (Fsp3) is 0.917. The van der Waals surface area contributed by atoms with Gasteiger partial charge in [0.1, 0.15) is 0 Å². The lowest BCUT2D eigenvalue weighted by Crippen LogP contribution is -2.62. The summed E-state index contributed by atoms with van der Waals surface area (Å²) < 4.78 is 116. The Morgan fingerprint density at radius 2 is 1.30 bits per heavy atom. The van der Waals surface area contributed by atoms with Crippen LogP contribution in [0.25, 0.3) is 0 Å². The van der Waals surface area contributed by atoms with Crippen LogP contribution >= 0.6 is 0 Å². The van der Waals surface area contributed by atoms with Crippen LogP contribution in [0, 0.1) is 0 Å². The highest BCUT2D eigenvalue weighted by Gasteiger charge is 2.82. The van der Waals surface area contributed by atoms with Crippen LogP contribution < -0.4 is 0 Å². The molecule has 0 aromatic rings. The van der Waals surface area contributed by atoms with E-state index in [0.29, 0.717) is 6.42 Å². The quantitative estimate of drug-likeness (QED) is 0.392. The minimum absolute atomic E-state index is 0.197. The summed E-state index contributed by atoms with van der Waals surface area (Å²) in [6, 6.07) is 0. The van der Waals surface area contributed by atoms with E-state index in [1.54, 1.807) is 0 Å². The van der Waals surface area contributed by atoms with E-state index in [2.05, 4.69) is 4.99 Å².